The molecule has 1 atom stereocenters. The molecule has 2 rings (SSSR count). The normalized spacial score (nSPS) is 23.0. The van der Waals surface area contributed by atoms with Gasteiger partial charge in [0.2, 0.25) is 5.78 Å². The van der Waals surface area contributed by atoms with Crippen LogP contribution in [0.15, 0.2) is 11.8 Å². The van der Waals surface area contributed by atoms with Crippen LogP contribution >= 0.6 is 0 Å². The van der Waals surface area contributed by atoms with Gasteiger partial charge in [-0.3, -0.25) is 4.79 Å². The highest BCUT2D eigenvalue weighted by atomic mass is 16.6. The second kappa shape index (κ2) is 5.23. The Morgan fingerprint density at radius 2 is 2.16 bits per heavy atom. The van der Waals surface area contributed by atoms with E-state index in [1.54, 1.807) is 4.90 Å². The molecule has 1 unspecified atom stereocenters. The van der Waals surface area contributed by atoms with Crippen molar-refractivity contribution in [2.75, 3.05) is 19.7 Å². The highest BCUT2D eigenvalue weighted by Crippen LogP contribution is 2.24. The SMILES string of the molecule is CC(C)(C)OC(=O)N1CCC(C(=O)C2=CCCO2)C1. The summed E-state index contributed by atoms with van der Waals surface area (Å²) in [5.41, 5.74) is -0.504. The van der Waals surface area contributed by atoms with Crippen molar-refractivity contribution in [1.29, 1.82) is 0 Å². The fourth-order valence-electron chi connectivity index (χ4n) is 2.26. The summed E-state index contributed by atoms with van der Waals surface area (Å²) in [5, 5.41) is 0. The number of likely N-dealkylation sites (tertiary alicyclic amines) is 1. The van der Waals surface area contributed by atoms with Crippen molar-refractivity contribution >= 4 is 11.9 Å². The van der Waals surface area contributed by atoms with Crippen molar-refractivity contribution in [2.45, 2.75) is 39.2 Å². The fraction of sp³-hybridized carbons (Fsp3) is 0.714. The van der Waals surface area contributed by atoms with E-state index in [-0.39, 0.29) is 17.8 Å². The maximum Gasteiger partial charge on any atom is 0.410 e. The fourth-order valence-corrected chi connectivity index (χ4v) is 2.26. The van der Waals surface area contributed by atoms with Crippen LogP contribution in [0.2, 0.25) is 0 Å². The lowest BCUT2D eigenvalue weighted by Crippen LogP contribution is -2.36. The minimum Gasteiger partial charge on any atom is -0.490 e. The van der Waals surface area contributed by atoms with Crippen LogP contribution in [-0.2, 0) is 14.3 Å². The number of carbonyl (C=O) groups is 2. The van der Waals surface area contributed by atoms with Gasteiger partial charge in [0.1, 0.15) is 5.60 Å². The zero-order valence-corrected chi connectivity index (χ0v) is 11.8. The van der Waals surface area contributed by atoms with Crippen LogP contribution in [0.25, 0.3) is 0 Å². The van der Waals surface area contributed by atoms with Gasteiger partial charge < -0.3 is 14.4 Å². The molecule has 0 aromatic heterocycles. The Morgan fingerprint density at radius 3 is 2.74 bits per heavy atom. The van der Waals surface area contributed by atoms with Gasteiger partial charge in [-0.25, -0.2) is 4.79 Å². The molecule has 0 radical (unpaired) electrons. The standard InChI is InChI=1S/C14H21NO4/c1-14(2,3)19-13(17)15-7-6-10(9-15)12(16)11-5-4-8-18-11/h5,10H,4,6-9H2,1-3H3. The van der Waals surface area contributed by atoms with Crippen LogP contribution in [0, 0.1) is 5.92 Å². The van der Waals surface area contributed by atoms with Crippen molar-refractivity contribution < 1.29 is 19.1 Å². The third kappa shape index (κ3) is 3.49. The van der Waals surface area contributed by atoms with Gasteiger partial charge >= 0.3 is 6.09 Å². The molecule has 0 N–H and O–H groups in total. The van der Waals surface area contributed by atoms with Gasteiger partial charge in [0.25, 0.3) is 0 Å². The van der Waals surface area contributed by atoms with E-state index >= 15 is 0 Å². The predicted octanol–water partition coefficient (Wildman–Crippen LogP) is 2.12. The summed E-state index contributed by atoms with van der Waals surface area (Å²) in [4.78, 5) is 25.6. The summed E-state index contributed by atoms with van der Waals surface area (Å²) in [5.74, 6) is 0.330. The summed E-state index contributed by atoms with van der Waals surface area (Å²) >= 11 is 0. The Balaban J connectivity index is 1.89. The number of Topliss-reactive ketones (excluding diaryl/α,β-unsaturated/α-hetero) is 1. The molecule has 2 aliphatic heterocycles. The van der Waals surface area contributed by atoms with Crippen LogP contribution in [0.4, 0.5) is 4.79 Å². The molecule has 5 nitrogen and oxygen atoms in total. The Morgan fingerprint density at radius 1 is 1.42 bits per heavy atom. The summed E-state index contributed by atoms with van der Waals surface area (Å²) < 4.78 is 10.6. The largest absolute Gasteiger partial charge is 0.490 e. The summed E-state index contributed by atoms with van der Waals surface area (Å²) in [7, 11) is 0. The number of hydrogen-bond acceptors (Lipinski definition) is 4. The number of nitrogens with zero attached hydrogens (tertiary/aromatic N) is 1. The molecular formula is C14H21NO4. The van der Waals surface area contributed by atoms with Gasteiger partial charge in [0.05, 0.1) is 6.61 Å². The van der Waals surface area contributed by atoms with E-state index in [0.29, 0.717) is 31.9 Å². The number of ketones is 1. The molecule has 5 heteroatoms. The van der Waals surface area contributed by atoms with Crippen LogP contribution in [0.5, 0.6) is 0 Å². The average Bonchev–Trinajstić information content (AvgIpc) is 2.98. The number of carbonyl (C=O) groups excluding carboxylic acids is 2. The summed E-state index contributed by atoms with van der Waals surface area (Å²) in [6.07, 6.45) is 2.96. The molecule has 0 bridgehead atoms. The highest BCUT2D eigenvalue weighted by Gasteiger charge is 2.35. The van der Waals surface area contributed by atoms with E-state index in [2.05, 4.69) is 0 Å². The third-order valence-electron chi connectivity index (χ3n) is 3.16. The number of ether oxygens (including phenoxy) is 2. The van der Waals surface area contributed by atoms with Gasteiger partial charge in [0.15, 0.2) is 5.76 Å². The monoisotopic (exact) mass is 267 g/mol. The van der Waals surface area contributed by atoms with E-state index in [1.807, 2.05) is 26.8 Å². The van der Waals surface area contributed by atoms with Crippen molar-refractivity contribution in [3.8, 4) is 0 Å². The number of rotatable bonds is 2. The van der Waals surface area contributed by atoms with E-state index < -0.39 is 5.60 Å². The Kier molecular flexibility index (Phi) is 3.83. The molecule has 1 amide bonds. The lowest BCUT2D eigenvalue weighted by molar-refractivity contribution is -0.121. The molecule has 0 aromatic carbocycles. The quantitative estimate of drug-likeness (QED) is 0.769. The molecule has 19 heavy (non-hydrogen) atoms. The molecule has 0 saturated carbocycles. The summed E-state index contributed by atoms with van der Waals surface area (Å²) in [6, 6.07) is 0. The van der Waals surface area contributed by atoms with Crippen LogP contribution in [0.1, 0.15) is 33.6 Å². The Hall–Kier alpha value is -1.52. The Bertz CT molecular complexity index is 408. The maximum atomic E-state index is 12.1. The van der Waals surface area contributed by atoms with E-state index in [4.69, 9.17) is 9.47 Å². The second-order valence-corrected chi connectivity index (χ2v) is 5.98. The third-order valence-corrected chi connectivity index (χ3v) is 3.16. The topological polar surface area (TPSA) is 55.8 Å². The lowest BCUT2D eigenvalue weighted by atomic mass is 10.0. The maximum absolute atomic E-state index is 12.1. The minimum absolute atomic E-state index is 0.0172. The molecule has 1 saturated heterocycles. The van der Waals surface area contributed by atoms with E-state index in [9.17, 15) is 9.59 Å². The van der Waals surface area contributed by atoms with Gasteiger partial charge in [0, 0.05) is 25.4 Å². The second-order valence-electron chi connectivity index (χ2n) is 5.98. The smallest absolute Gasteiger partial charge is 0.410 e. The molecule has 2 aliphatic rings. The zero-order valence-electron chi connectivity index (χ0n) is 11.8. The molecule has 0 aromatic rings. The van der Waals surface area contributed by atoms with Gasteiger partial charge in [-0.2, -0.15) is 0 Å². The predicted molar refractivity (Wildman–Crippen MR) is 69.6 cm³/mol. The van der Waals surface area contributed by atoms with Crippen LogP contribution < -0.4 is 0 Å². The van der Waals surface area contributed by atoms with E-state index in [1.165, 1.54) is 0 Å². The Labute approximate surface area is 113 Å². The van der Waals surface area contributed by atoms with Crippen molar-refractivity contribution in [3.05, 3.63) is 11.8 Å². The summed E-state index contributed by atoms with van der Waals surface area (Å²) in [6.45, 7) is 7.08. The zero-order chi connectivity index (χ0) is 14.0. The van der Waals surface area contributed by atoms with Gasteiger partial charge in [-0.05, 0) is 33.3 Å². The first kappa shape index (κ1) is 13.9. The van der Waals surface area contributed by atoms with Gasteiger partial charge in [-0.15, -0.1) is 0 Å². The minimum atomic E-state index is -0.504. The molecule has 0 spiro atoms. The number of hydrogen-bond donors (Lipinski definition) is 0. The van der Waals surface area contributed by atoms with Crippen LogP contribution in [-0.4, -0.2) is 42.1 Å². The van der Waals surface area contributed by atoms with Crippen molar-refractivity contribution in [2.24, 2.45) is 5.92 Å². The molecule has 2 heterocycles. The molecule has 106 valence electrons. The molecule has 1 fully saturated rings. The lowest BCUT2D eigenvalue weighted by Gasteiger charge is -2.24. The first-order valence-corrected chi connectivity index (χ1v) is 6.72. The number of amides is 1. The molecular weight excluding hydrogens is 246 g/mol. The number of allylic oxidation sites excluding steroid dienone is 1. The van der Waals surface area contributed by atoms with Crippen molar-refractivity contribution in [3.63, 3.8) is 0 Å². The first-order chi connectivity index (χ1) is 8.87. The average molecular weight is 267 g/mol. The van der Waals surface area contributed by atoms with E-state index in [0.717, 1.165) is 6.42 Å². The first-order valence-electron chi connectivity index (χ1n) is 6.72. The van der Waals surface area contributed by atoms with Crippen LogP contribution in [0.3, 0.4) is 0 Å². The van der Waals surface area contributed by atoms with Crippen molar-refractivity contribution in [1.82, 2.24) is 4.90 Å². The highest BCUT2D eigenvalue weighted by molar-refractivity contribution is 5.96. The van der Waals surface area contributed by atoms with Gasteiger partial charge in [-0.1, -0.05) is 0 Å². The molecule has 0 aliphatic carbocycles.